The lowest BCUT2D eigenvalue weighted by Crippen LogP contribution is -2.27. The fourth-order valence-electron chi connectivity index (χ4n) is 1.75. The summed E-state index contributed by atoms with van der Waals surface area (Å²) in [4.78, 5) is 10.6. The van der Waals surface area contributed by atoms with Crippen molar-refractivity contribution < 1.29 is 15.0 Å². The Balaban J connectivity index is 3.99. The summed E-state index contributed by atoms with van der Waals surface area (Å²) in [6.45, 7) is 8.02. The smallest absolute Gasteiger partial charge is 0.308 e. The Hall–Kier alpha value is -0.570. The first-order valence-corrected chi connectivity index (χ1v) is 5.71. The highest BCUT2D eigenvalue weighted by Gasteiger charge is 2.24. The molecule has 2 atom stereocenters. The first-order chi connectivity index (χ1) is 6.80. The highest BCUT2D eigenvalue weighted by Crippen LogP contribution is 2.29. The number of hydrogen-bond donors (Lipinski definition) is 2. The number of carboxylic acid groups (broad SMARTS) is 1. The van der Waals surface area contributed by atoms with Crippen molar-refractivity contribution in [1.82, 2.24) is 0 Å². The van der Waals surface area contributed by atoms with E-state index >= 15 is 0 Å². The van der Waals surface area contributed by atoms with Crippen molar-refractivity contribution in [2.45, 2.75) is 59.5 Å². The van der Waals surface area contributed by atoms with Crippen molar-refractivity contribution in [3.8, 4) is 0 Å². The predicted molar refractivity (Wildman–Crippen MR) is 60.7 cm³/mol. The molecule has 0 amide bonds. The summed E-state index contributed by atoms with van der Waals surface area (Å²) in [5.41, 5.74) is 0.202. The van der Waals surface area contributed by atoms with Crippen LogP contribution >= 0.6 is 0 Å². The SMILES string of the molecule is CCCC(C)(C)CC[C@@H](O)[C@@H](C)C(=O)O. The monoisotopic (exact) mass is 216 g/mol. The Morgan fingerprint density at radius 3 is 2.27 bits per heavy atom. The van der Waals surface area contributed by atoms with E-state index in [0.29, 0.717) is 6.42 Å². The molecule has 0 rings (SSSR count). The van der Waals surface area contributed by atoms with Crippen LogP contribution in [0, 0.1) is 11.3 Å². The van der Waals surface area contributed by atoms with Gasteiger partial charge in [0.25, 0.3) is 0 Å². The molecule has 0 saturated heterocycles. The van der Waals surface area contributed by atoms with Crippen molar-refractivity contribution in [3.05, 3.63) is 0 Å². The summed E-state index contributed by atoms with van der Waals surface area (Å²) in [5.74, 6) is -1.58. The van der Waals surface area contributed by atoms with E-state index in [0.717, 1.165) is 19.3 Å². The highest BCUT2D eigenvalue weighted by atomic mass is 16.4. The van der Waals surface area contributed by atoms with Crippen molar-refractivity contribution in [3.63, 3.8) is 0 Å². The van der Waals surface area contributed by atoms with Crippen molar-refractivity contribution >= 4 is 5.97 Å². The third-order valence-electron chi connectivity index (χ3n) is 3.01. The second-order valence-corrected chi connectivity index (χ2v) is 5.15. The maximum Gasteiger partial charge on any atom is 0.308 e. The van der Waals surface area contributed by atoms with Crippen LogP contribution in [0.4, 0.5) is 0 Å². The van der Waals surface area contributed by atoms with Crippen LogP contribution in [0.5, 0.6) is 0 Å². The van der Waals surface area contributed by atoms with Gasteiger partial charge in [0.15, 0.2) is 0 Å². The normalized spacial score (nSPS) is 16.1. The molecule has 3 nitrogen and oxygen atoms in total. The Morgan fingerprint density at radius 1 is 1.33 bits per heavy atom. The van der Waals surface area contributed by atoms with Gasteiger partial charge in [-0.15, -0.1) is 0 Å². The van der Waals surface area contributed by atoms with E-state index < -0.39 is 18.0 Å². The van der Waals surface area contributed by atoms with Crippen molar-refractivity contribution in [2.75, 3.05) is 0 Å². The van der Waals surface area contributed by atoms with E-state index in [2.05, 4.69) is 20.8 Å². The van der Waals surface area contributed by atoms with Crippen LogP contribution in [0.15, 0.2) is 0 Å². The van der Waals surface area contributed by atoms with Gasteiger partial charge < -0.3 is 10.2 Å². The Kier molecular flexibility index (Phi) is 5.88. The molecule has 0 aliphatic rings. The van der Waals surface area contributed by atoms with E-state index in [1.165, 1.54) is 0 Å². The topological polar surface area (TPSA) is 57.5 Å². The molecule has 0 aliphatic carbocycles. The molecule has 3 heteroatoms. The van der Waals surface area contributed by atoms with Crippen molar-refractivity contribution in [1.29, 1.82) is 0 Å². The molecule has 0 unspecified atom stereocenters. The van der Waals surface area contributed by atoms with Gasteiger partial charge in [0.1, 0.15) is 0 Å². The molecule has 0 spiro atoms. The second-order valence-electron chi connectivity index (χ2n) is 5.15. The first-order valence-electron chi connectivity index (χ1n) is 5.71. The van der Waals surface area contributed by atoms with Gasteiger partial charge in [0.05, 0.1) is 12.0 Å². The molecule has 0 aromatic carbocycles. The van der Waals surface area contributed by atoms with Crippen LogP contribution in [-0.4, -0.2) is 22.3 Å². The molecule has 15 heavy (non-hydrogen) atoms. The molecular formula is C12H24O3. The van der Waals surface area contributed by atoms with Crippen LogP contribution < -0.4 is 0 Å². The molecule has 90 valence electrons. The molecule has 0 aromatic rings. The lowest BCUT2D eigenvalue weighted by atomic mass is 9.81. The van der Waals surface area contributed by atoms with Gasteiger partial charge in [-0.3, -0.25) is 4.79 Å². The molecule has 0 bridgehead atoms. The van der Waals surface area contributed by atoms with Crippen LogP contribution in [0.3, 0.4) is 0 Å². The van der Waals surface area contributed by atoms with E-state index in [9.17, 15) is 9.90 Å². The molecule has 0 heterocycles. The van der Waals surface area contributed by atoms with Crippen LogP contribution in [0.25, 0.3) is 0 Å². The number of carbonyl (C=O) groups is 1. The average molecular weight is 216 g/mol. The van der Waals surface area contributed by atoms with E-state index in [1.54, 1.807) is 6.92 Å². The van der Waals surface area contributed by atoms with Gasteiger partial charge in [-0.05, 0) is 31.6 Å². The fourth-order valence-corrected chi connectivity index (χ4v) is 1.75. The van der Waals surface area contributed by atoms with E-state index in [4.69, 9.17) is 5.11 Å². The average Bonchev–Trinajstić information content (AvgIpc) is 2.13. The van der Waals surface area contributed by atoms with Gasteiger partial charge in [0, 0.05) is 0 Å². The van der Waals surface area contributed by atoms with Crippen LogP contribution in [0.2, 0.25) is 0 Å². The minimum Gasteiger partial charge on any atom is -0.481 e. The number of rotatable bonds is 7. The third kappa shape index (κ3) is 5.78. The minimum absolute atomic E-state index is 0.202. The molecular weight excluding hydrogens is 192 g/mol. The summed E-state index contributed by atoms with van der Waals surface area (Å²) >= 11 is 0. The molecule has 0 saturated carbocycles. The lowest BCUT2D eigenvalue weighted by Gasteiger charge is -2.26. The van der Waals surface area contributed by atoms with E-state index in [-0.39, 0.29) is 5.41 Å². The van der Waals surface area contributed by atoms with Crippen molar-refractivity contribution in [2.24, 2.45) is 11.3 Å². The summed E-state index contributed by atoms with van der Waals surface area (Å²) in [6.07, 6.45) is 2.96. The Morgan fingerprint density at radius 2 is 1.87 bits per heavy atom. The van der Waals surface area contributed by atoms with Gasteiger partial charge >= 0.3 is 5.97 Å². The molecule has 0 aromatic heterocycles. The quantitative estimate of drug-likeness (QED) is 0.688. The summed E-state index contributed by atoms with van der Waals surface area (Å²) in [5, 5.41) is 18.4. The number of aliphatic hydroxyl groups is 1. The zero-order chi connectivity index (χ0) is 12.1. The highest BCUT2D eigenvalue weighted by molar-refractivity contribution is 5.70. The van der Waals surface area contributed by atoms with Gasteiger partial charge in [-0.25, -0.2) is 0 Å². The Bertz CT molecular complexity index is 199. The standard InChI is InChI=1S/C12H24O3/c1-5-7-12(3,4)8-6-10(13)9(2)11(14)15/h9-10,13H,5-8H2,1-4H3,(H,14,15)/t9-,10-/m1/s1. The predicted octanol–water partition coefficient (Wildman–Crippen LogP) is 2.67. The number of aliphatic carboxylic acids is 1. The second kappa shape index (κ2) is 6.11. The van der Waals surface area contributed by atoms with Gasteiger partial charge in [-0.2, -0.15) is 0 Å². The lowest BCUT2D eigenvalue weighted by molar-refractivity contribution is -0.145. The molecule has 0 aliphatic heterocycles. The van der Waals surface area contributed by atoms with Crippen LogP contribution in [-0.2, 0) is 4.79 Å². The zero-order valence-electron chi connectivity index (χ0n) is 10.3. The Labute approximate surface area is 92.5 Å². The maximum absolute atomic E-state index is 10.6. The number of hydrogen-bond acceptors (Lipinski definition) is 2. The fraction of sp³-hybridized carbons (Fsp3) is 0.917. The van der Waals surface area contributed by atoms with Crippen LogP contribution in [0.1, 0.15) is 53.4 Å². The summed E-state index contributed by atoms with van der Waals surface area (Å²) in [6, 6.07) is 0. The largest absolute Gasteiger partial charge is 0.481 e. The number of carboxylic acids is 1. The first kappa shape index (κ1) is 14.4. The summed E-state index contributed by atoms with van der Waals surface area (Å²) in [7, 11) is 0. The summed E-state index contributed by atoms with van der Waals surface area (Å²) < 4.78 is 0. The molecule has 2 N–H and O–H groups in total. The number of aliphatic hydroxyl groups excluding tert-OH is 1. The van der Waals surface area contributed by atoms with Gasteiger partial charge in [-0.1, -0.05) is 27.2 Å². The zero-order valence-corrected chi connectivity index (χ0v) is 10.3. The minimum atomic E-state index is -0.921. The third-order valence-corrected chi connectivity index (χ3v) is 3.01. The molecule has 0 radical (unpaired) electrons. The van der Waals surface area contributed by atoms with Gasteiger partial charge in [0.2, 0.25) is 0 Å². The maximum atomic E-state index is 10.6. The van der Waals surface area contributed by atoms with E-state index in [1.807, 2.05) is 0 Å². The molecule has 0 fully saturated rings.